The van der Waals surface area contributed by atoms with Gasteiger partial charge < -0.3 is 4.52 Å². The fourth-order valence-electron chi connectivity index (χ4n) is 0.853. The van der Waals surface area contributed by atoms with Crippen LogP contribution in [0.1, 0.15) is 26.0 Å². The van der Waals surface area contributed by atoms with E-state index in [1.165, 1.54) is 0 Å². The molecule has 0 saturated carbocycles. The lowest BCUT2D eigenvalue weighted by Crippen LogP contribution is -2.19. The highest BCUT2D eigenvalue weighted by Crippen LogP contribution is 2.11. The Labute approximate surface area is 77.3 Å². The van der Waals surface area contributed by atoms with Crippen LogP contribution in [0.15, 0.2) is 10.6 Å². The number of nitrogens with zero attached hydrogens (tertiary/aromatic N) is 1. The molecule has 1 atom stereocenters. The van der Waals surface area contributed by atoms with Crippen molar-refractivity contribution in [1.29, 1.82) is 0 Å². The van der Waals surface area contributed by atoms with Crippen LogP contribution < -0.4 is 5.32 Å². The Hall–Kier alpha value is -1.32. The molecule has 1 rings (SSSR count). The summed E-state index contributed by atoms with van der Waals surface area (Å²) in [4.78, 5) is 11.4. The van der Waals surface area contributed by atoms with Crippen molar-refractivity contribution < 1.29 is 9.32 Å². The number of anilines is 1. The van der Waals surface area contributed by atoms with E-state index in [9.17, 15) is 4.79 Å². The van der Waals surface area contributed by atoms with Gasteiger partial charge in [0.15, 0.2) is 0 Å². The second-order valence-corrected chi connectivity index (χ2v) is 3.13. The van der Waals surface area contributed by atoms with Crippen LogP contribution in [-0.4, -0.2) is 11.1 Å². The first-order valence-corrected chi connectivity index (χ1v) is 4.37. The average Bonchev–Trinajstić information content (AvgIpc) is 2.49. The minimum absolute atomic E-state index is 0.00501. The number of carbonyl (C=O) groups is 1. The summed E-state index contributed by atoms with van der Waals surface area (Å²) >= 11 is 0. The van der Waals surface area contributed by atoms with Crippen molar-refractivity contribution in [3.8, 4) is 0 Å². The van der Waals surface area contributed by atoms with Crippen molar-refractivity contribution in [3.63, 3.8) is 0 Å². The van der Waals surface area contributed by atoms with Crippen LogP contribution in [0.4, 0.5) is 5.88 Å². The predicted molar refractivity (Wildman–Crippen MR) is 49.3 cm³/mol. The molecule has 1 aromatic heterocycles. The number of hydrogen-bond donors (Lipinski definition) is 1. The van der Waals surface area contributed by atoms with Crippen molar-refractivity contribution in [2.45, 2.75) is 27.2 Å². The molecule has 4 nitrogen and oxygen atoms in total. The molecule has 1 unspecified atom stereocenters. The number of hydrogen-bond acceptors (Lipinski definition) is 3. The van der Waals surface area contributed by atoms with Gasteiger partial charge in [0.2, 0.25) is 11.8 Å². The first kappa shape index (κ1) is 9.77. The molecule has 4 heteroatoms. The van der Waals surface area contributed by atoms with E-state index in [0.29, 0.717) is 5.88 Å². The molecule has 1 aromatic rings. The van der Waals surface area contributed by atoms with Crippen LogP contribution in [0.25, 0.3) is 0 Å². The van der Waals surface area contributed by atoms with Crippen molar-refractivity contribution in [2.24, 2.45) is 5.92 Å². The zero-order chi connectivity index (χ0) is 9.84. The minimum atomic E-state index is -0.0290. The molecule has 0 aliphatic heterocycles. The maximum absolute atomic E-state index is 11.4. The molecule has 0 bridgehead atoms. The molecule has 0 radical (unpaired) electrons. The molecule has 1 heterocycles. The van der Waals surface area contributed by atoms with Gasteiger partial charge >= 0.3 is 0 Å². The van der Waals surface area contributed by atoms with E-state index < -0.39 is 0 Å². The highest BCUT2D eigenvalue weighted by atomic mass is 16.5. The van der Waals surface area contributed by atoms with Gasteiger partial charge in [0.05, 0.1) is 5.69 Å². The summed E-state index contributed by atoms with van der Waals surface area (Å²) in [6, 6.07) is 1.69. The van der Waals surface area contributed by atoms with Crippen molar-refractivity contribution in [1.82, 2.24) is 5.16 Å². The maximum atomic E-state index is 11.4. The number of nitrogens with one attached hydrogen (secondary N) is 1. The SMILES string of the molecule is CCC(C)C(=O)Nc1cc(C)no1. The Morgan fingerprint density at radius 1 is 1.77 bits per heavy atom. The van der Waals surface area contributed by atoms with Crippen molar-refractivity contribution in [2.75, 3.05) is 5.32 Å². The lowest BCUT2D eigenvalue weighted by molar-refractivity contribution is -0.119. The van der Waals surface area contributed by atoms with Gasteiger partial charge in [0.25, 0.3) is 0 Å². The number of aryl methyl sites for hydroxylation is 1. The summed E-state index contributed by atoms with van der Waals surface area (Å²) in [7, 11) is 0. The van der Waals surface area contributed by atoms with E-state index in [4.69, 9.17) is 4.52 Å². The highest BCUT2D eigenvalue weighted by Gasteiger charge is 2.12. The molecular formula is C9H14N2O2. The first-order valence-electron chi connectivity index (χ1n) is 4.37. The summed E-state index contributed by atoms with van der Waals surface area (Å²) < 4.78 is 4.85. The lowest BCUT2D eigenvalue weighted by Gasteiger charge is -2.05. The van der Waals surface area contributed by atoms with Crippen LogP contribution in [0.3, 0.4) is 0 Å². The zero-order valence-corrected chi connectivity index (χ0v) is 8.13. The van der Waals surface area contributed by atoms with Gasteiger partial charge in [0.1, 0.15) is 0 Å². The third kappa shape index (κ3) is 2.57. The fraction of sp³-hybridized carbons (Fsp3) is 0.556. The van der Waals surface area contributed by atoms with Gasteiger partial charge in [-0.25, -0.2) is 0 Å². The molecule has 0 aromatic carbocycles. The van der Waals surface area contributed by atoms with E-state index in [-0.39, 0.29) is 11.8 Å². The molecule has 72 valence electrons. The Morgan fingerprint density at radius 3 is 2.92 bits per heavy atom. The minimum Gasteiger partial charge on any atom is -0.338 e. The van der Waals surface area contributed by atoms with E-state index >= 15 is 0 Å². The van der Waals surface area contributed by atoms with E-state index in [2.05, 4.69) is 10.5 Å². The van der Waals surface area contributed by atoms with E-state index in [1.807, 2.05) is 20.8 Å². The Bertz CT molecular complexity index is 294. The van der Waals surface area contributed by atoms with Gasteiger partial charge in [-0.3, -0.25) is 10.1 Å². The van der Waals surface area contributed by atoms with Gasteiger partial charge in [-0.05, 0) is 13.3 Å². The number of carbonyl (C=O) groups excluding carboxylic acids is 1. The van der Waals surface area contributed by atoms with Crippen LogP contribution in [0, 0.1) is 12.8 Å². The van der Waals surface area contributed by atoms with Crippen LogP contribution in [-0.2, 0) is 4.79 Å². The summed E-state index contributed by atoms with van der Waals surface area (Å²) in [6.45, 7) is 5.65. The summed E-state index contributed by atoms with van der Waals surface area (Å²) in [5, 5.41) is 6.31. The van der Waals surface area contributed by atoms with Gasteiger partial charge in [-0.15, -0.1) is 0 Å². The third-order valence-corrected chi connectivity index (χ3v) is 1.93. The molecule has 1 N–H and O–H groups in total. The maximum Gasteiger partial charge on any atom is 0.231 e. The van der Waals surface area contributed by atoms with Gasteiger partial charge in [0, 0.05) is 12.0 Å². The first-order chi connectivity index (χ1) is 6.13. The standard InChI is InChI=1S/C9H14N2O2/c1-4-6(2)9(12)10-8-5-7(3)11-13-8/h5-6H,4H2,1-3H3,(H,10,12). The molecule has 0 fully saturated rings. The third-order valence-electron chi connectivity index (χ3n) is 1.93. The molecular weight excluding hydrogens is 168 g/mol. The summed E-state index contributed by atoms with van der Waals surface area (Å²) in [5.74, 6) is 0.395. The van der Waals surface area contributed by atoms with Crippen LogP contribution in [0.2, 0.25) is 0 Å². The largest absolute Gasteiger partial charge is 0.338 e. The van der Waals surface area contributed by atoms with Crippen LogP contribution in [0.5, 0.6) is 0 Å². The number of aromatic nitrogens is 1. The average molecular weight is 182 g/mol. The van der Waals surface area contributed by atoms with Crippen LogP contribution >= 0.6 is 0 Å². The fourth-order valence-corrected chi connectivity index (χ4v) is 0.853. The summed E-state index contributed by atoms with van der Waals surface area (Å²) in [6.07, 6.45) is 0.818. The molecule has 0 aliphatic carbocycles. The predicted octanol–water partition coefficient (Wildman–Crippen LogP) is 1.97. The van der Waals surface area contributed by atoms with Crippen molar-refractivity contribution >= 4 is 11.8 Å². The second-order valence-electron chi connectivity index (χ2n) is 3.13. The quantitative estimate of drug-likeness (QED) is 0.777. The van der Waals surface area contributed by atoms with E-state index in [1.54, 1.807) is 6.07 Å². The summed E-state index contributed by atoms with van der Waals surface area (Å²) in [5.41, 5.74) is 0.763. The topological polar surface area (TPSA) is 55.1 Å². The Morgan fingerprint density at radius 2 is 2.46 bits per heavy atom. The molecule has 13 heavy (non-hydrogen) atoms. The molecule has 0 aliphatic rings. The van der Waals surface area contributed by atoms with Crippen molar-refractivity contribution in [3.05, 3.63) is 11.8 Å². The number of rotatable bonds is 3. The number of amides is 1. The lowest BCUT2D eigenvalue weighted by atomic mass is 10.1. The Balaban J connectivity index is 2.54. The molecule has 0 spiro atoms. The zero-order valence-electron chi connectivity index (χ0n) is 8.13. The van der Waals surface area contributed by atoms with Gasteiger partial charge in [-0.2, -0.15) is 0 Å². The van der Waals surface area contributed by atoms with E-state index in [0.717, 1.165) is 12.1 Å². The highest BCUT2D eigenvalue weighted by molar-refractivity contribution is 5.90. The normalized spacial score (nSPS) is 12.5. The Kier molecular flexibility index (Phi) is 3.06. The monoisotopic (exact) mass is 182 g/mol. The smallest absolute Gasteiger partial charge is 0.231 e. The second kappa shape index (κ2) is 4.07. The molecule has 0 saturated heterocycles. The molecule has 1 amide bonds. The van der Waals surface area contributed by atoms with Gasteiger partial charge in [-0.1, -0.05) is 19.0 Å².